The summed E-state index contributed by atoms with van der Waals surface area (Å²) in [7, 11) is 1.45. The fourth-order valence-electron chi connectivity index (χ4n) is 1.19. The van der Waals surface area contributed by atoms with Gasteiger partial charge in [-0.05, 0) is 23.9 Å². The molecule has 0 amide bonds. The first-order valence-electron chi connectivity index (χ1n) is 4.53. The second kappa shape index (κ2) is 4.21. The summed E-state index contributed by atoms with van der Waals surface area (Å²) >= 11 is 0.712. The van der Waals surface area contributed by atoms with E-state index in [1.807, 2.05) is 0 Å². The Kier molecular flexibility index (Phi) is 2.88. The van der Waals surface area contributed by atoms with Crippen molar-refractivity contribution in [2.24, 2.45) is 7.05 Å². The molecule has 0 saturated heterocycles. The summed E-state index contributed by atoms with van der Waals surface area (Å²) in [6.07, 6.45) is 0. The van der Waals surface area contributed by atoms with Crippen molar-refractivity contribution >= 4 is 17.4 Å². The number of nitrogens with one attached hydrogen (secondary N) is 1. The fourth-order valence-corrected chi connectivity index (χ4v) is 2.00. The van der Waals surface area contributed by atoms with Gasteiger partial charge in [-0.1, -0.05) is 0 Å². The Morgan fingerprint density at radius 2 is 2.00 bits per heavy atom. The smallest absolute Gasteiger partial charge is 0.343 e. The van der Waals surface area contributed by atoms with Crippen molar-refractivity contribution in [1.82, 2.24) is 14.8 Å². The predicted molar refractivity (Wildman–Crippen MR) is 58.7 cm³/mol. The molecule has 0 unspecified atom stereocenters. The van der Waals surface area contributed by atoms with Gasteiger partial charge in [-0.3, -0.25) is 4.57 Å². The maximum absolute atomic E-state index is 13.5. The molecular formula is C9H8F2N4OS. The van der Waals surface area contributed by atoms with Crippen LogP contribution in [0.5, 0.6) is 0 Å². The summed E-state index contributed by atoms with van der Waals surface area (Å²) < 4.78 is 28.1. The molecule has 90 valence electrons. The highest BCUT2D eigenvalue weighted by Gasteiger charge is 2.15. The van der Waals surface area contributed by atoms with Crippen molar-refractivity contribution in [3.05, 3.63) is 34.3 Å². The number of hydrogen-bond acceptors (Lipinski definition) is 4. The molecule has 0 fully saturated rings. The lowest BCUT2D eigenvalue weighted by Crippen LogP contribution is -2.12. The number of aromatic nitrogens is 3. The minimum absolute atomic E-state index is 0.000247. The predicted octanol–water partition coefficient (Wildman–Crippen LogP) is 1.12. The SMILES string of the molecule is Cn1c(Sc2c(F)cc(N)cc2F)n[nH]c1=O. The molecule has 1 aromatic carbocycles. The van der Waals surface area contributed by atoms with Crippen LogP contribution in [-0.2, 0) is 7.05 Å². The lowest BCUT2D eigenvalue weighted by Gasteiger charge is -2.04. The fraction of sp³-hybridized carbons (Fsp3) is 0.111. The lowest BCUT2D eigenvalue weighted by molar-refractivity contribution is 0.541. The van der Waals surface area contributed by atoms with Gasteiger partial charge in [0.25, 0.3) is 0 Å². The quantitative estimate of drug-likeness (QED) is 0.791. The van der Waals surface area contributed by atoms with Crippen LogP contribution < -0.4 is 11.4 Å². The molecule has 17 heavy (non-hydrogen) atoms. The molecule has 0 saturated carbocycles. The maximum atomic E-state index is 13.5. The van der Waals surface area contributed by atoms with Gasteiger partial charge in [-0.15, -0.1) is 5.10 Å². The van der Waals surface area contributed by atoms with Gasteiger partial charge >= 0.3 is 5.69 Å². The monoisotopic (exact) mass is 258 g/mol. The first-order chi connectivity index (χ1) is 7.99. The largest absolute Gasteiger partial charge is 0.399 e. The summed E-state index contributed by atoms with van der Waals surface area (Å²) in [4.78, 5) is 10.8. The van der Waals surface area contributed by atoms with Gasteiger partial charge in [0.2, 0.25) is 0 Å². The van der Waals surface area contributed by atoms with Crippen molar-refractivity contribution in [1.29, 1.82) is 0 Å². The second-order valence-electron chi connectivity index (χ2n) is 3.29. The Morgan fingerprint density at radius 3 is 2.47 bits per heavy atom. The second-order valence-corrected chi connectivity index (χ2v) is 4.26. The molecule has 1 aromatic heterocycles. The number of rotatable bonds is 2. The molecule has 0 bridgehead atoms. The van der Waals surface area contributed by atoms with Crippen LogP contribution in [0.25, 0.3) is 0 Å². The standard InChI is InChI=1S/C9H8F2N4OS/c1-15-8(16)13-14-9(15)17-7-5(10)2-4(12)3-6(7)11/h2-3H,12H2,1H3,(H,13,16). The third kappa shape index (κ3) is 2.16. The minimum Gasteiger partial charge on any atom is -0.399 e. The Hall–Kier alpha value is -1.83. The van der Waals surface area contributed by atoms with Gasteiger partial charge in [-0.25, -0.2) is 18.7 Å². The minimum atomic E-state index is -0.789. The van der Waals surface area contributed by atoms with Gasteiger partial charge in [0, 0.05) is 12.7 Å². The topological polar surface area (TPSA) is 76.7 Å². The summed E-state index contributed by atoms with van der Waals surface area (Å²) in [6, 6.07) is 2.02. The Labute approximate surface area is 98.6 Å². The van der Waals surface area contributed by atoms with E-state index in [9.17, 15) is 13.6 Å². The molecule has 8 heteroatoms. The maximum Gasteiger partial charge on any atom is 0.343 e. The van der Waals surface area contributed by atoms with Gasteiger partial charge in [-0.2, -0.15) is 0 Å². The van der Waals surface area contributed by atoms with E-state index in [0.29, 0.717) is 11.8 Å². The first kappa shape index (κ1) is 11.6. The van der Waals surface area contributed by atoms with E-state index < -0.39 is 17.3 Å². The third-order valence-electron chi connectivity index (χ3n) is 2.05. The Bertz CT molecular complexity index is 599. The molecule has 2 aromatic rings. The Morgan fingerprint density at radius 1 is 1.41 bits per heavy atom. The highest BCUT2D eigenvalue weighted by atomic mass is 32.2. The van der Waals surface area contributed by atoms with E-state index in [1.165, 1.54) is 7.05 Å². The van der Waals surface area contributed by atoms with E-state index in [4.69, 9.17) is 5.73 Å². The molecular weight excluding hydrogens is 250 g/mol. The number of hydrogen-bond donors (Lipinski definition) is 2. The van der Waals surface area contributed by atoms with Crippen LogP contribution in [-0.4, -0.2) is 14.8 Å². The van der Waals surface area contributed by atoms with Crippen molar-refractivity contribution < 1.29 is 8.78 Å². The van der Waals surface area contributed by atoms with Crippen LogP contribution in [0.1, 0.15) is 0 Å². The average Bonchev–Trinajstić information content (AvgIpc) is 2.54. The van der Waals surface area contributed by atoms with Crippen LogP contribution in [0.4, 0.5) is 14.5 Å². The average molecular weight is 258 g/mol. The van der Waals surface area contributed by atoms with Gasteiger partial charge in [0.05, 0.1) is 4.90 Å². The molecule has 0 atom stereocenters. The molecule has 0 radical (unpaired) electrons. The van der Waals surface area contributed by atoms with E-state index in [0.717, 1.165) is 16.7 Å². The van der Waals surface area contributed by atoms with E-state index >= 15 is 0 Å². The van der Waals surface area contributed by atoms with E-state index in [1.54, 1.807) is 0 Å². The van der Waals surface area contributed by atoms with Crippen molar-refractivity contribution in [3.8, 4) is 0 Å². The highest BCUT2D eigenvalue weighted by molar-refractivity contribution is 7.99. The molecule has 2 rings (SSSR count). The van der Waals surface area contributed by atoms with Crippen molar-refractivity contribution in [2.75, 3.05) is 5.73 Å². The molecule has 0 aliphatic heterocycles. The molecule has 0 aliphatic rings. The number of aromatic amines is 1. The van der Waals surface area contributed by atoms with E-state index in [-0.39, 0.29) is 15.7 Å². The van der Waals surface area contributed by atoms with Crippen LogP contribution in [0.3, 0.4) is 0 Å². The summed E-state index contributed by atoms with van der Waals surface area (Å²) in [5.41, 5.74) is 4.83. The summed E-state index contributed by atoms with van der Waals surface area (Å²) in [5.74, 6) is -1.58. The van der Waals surface area contributed by atoms with Crippen molar-refractivity contribution in [3.63, 3.8) is 0 Å². The number of nitrogens with zero attached hydrogens (tertiary/aromatic N) is 2. The number of nitrogens with two attached hydrogens (primary N) is 1. The highest BCUT2D eigenvalue weighted by Crippen LogP contribution is 2.31. The summed E-state index contributed by atoms with van der Waals surface area (Å²) in [6.45, 7) is 0. The van der Waals surface area contributed by atoms with Crippen LogP contribution in [0.2, 0.25) is 0 Å². The molecule has 0 aliphatic carbocycles. The zero-order valence-corrected chi connectivity index (χ0v) is 9.52. The number of nitrogen functional groups attached to an aromatic ring is 1. The van der Waals surface area contributed by atoms with Gasteiger partial charge in [0.1, 0.15) is 11.6 Å². The third-order valence-corrected chi connectivity index (χ3v) is 3.19. The number of halogens is 2. The molecule has 0 spiro atoms. The first-order valence-corrected chi connectivity index (χ1v) is 5.34. The van der Waals surface area contributed by atoms with Crippen molar-refractivity contribution in [2.45, 2.75) is 10.1 Å². The lowest BCUT2D eigenvalue weighted by atomic mass is 10.3. The normalized spacial score (nSPS) is 10.8. The van der Waals surface area contributed by atoms with Gasteiger partial charge < -0.3 is 5.73 Å². The number of benzene rings is 1. The Balaban J connectivity index is 2.43. The number of H-pyrrole nitrogens is 1. The van der Waals surface area contributed by atoms with Crippen LogP contribution in [0.15, 0.2) is 27.0 Å². The van der Waals surface area contributed by atoms with E-state index in [2.05, 4.69) is 10.2 Å². The zero-order valence-electron chi connectivity index (χ0n) is 8.70. The summed E-state index contributed by atoms with van der Waals surface area (Å²) in [5, 5.41) is 5.98. The van der Waals surface area contributed by atoms with Gasteiger partial charge in [0.15, 0.2) is 5.16 Å². The molecule has 3 N–H and O–H groups in total. The number of anilines is 1. The molecule has 1 heterocycles. The zero-order chi connectivity index (χ0) is 12.6. The molecule has 5 nitrogen and oxygen atoms in total. The van der Waals surface area contributed by atoms with Crippen LogP contribution in [0, 0.1) is 11.6 Å². The van der Waals surface area contributed by atoms with Crippen LogP contribution >= 0.6 is 11.8 Å².